The molecule has 0 aliphatic heterocycles. The van der Waals surface area contributed by atoms with Crippen molar-refractivity contribution >= 4 is 18.0 Å². The molecule has 172 valence electrons. The van der Waals surface area contributed by atoms with Crippen LogP contribution in [-0.4, -0.2) is 44.3 Å². The van der Waals surface area contributed by atoms with E-state index in [1.807, 2.05) is 30.3 Å². The normalized spacial score (nSPS) is 12.4. The fourth-order valence-corrected chi connectivity index (χ4v) is 3.02. The van der Waals surface area contributed by atoms with Gasteiger partial charge in [0.25, 0.3) is 0 Å². The van der Waals surface area contributed by atoms with E-state index in [9.17, 15) is 14.4 Å². The number of ether oxygens (including phenoxy) is 3. The highest BCUT2D eigenvalue weighted by atomic mass is 16.5. The number of nitrogens with one attached hydrogen (secondary N) is 2. The van der Waals surface area contributed by atoms with Gasteiger partial charge in [-0.25, -0.2) is 9.59 Å². The third-order valence-corrected chi connectivity index (χ3v) is 4.84. The van der Waals surface area contributed by atoms with Crippen LogP contribution in [0.3, 0.4) is 0 Å². The first kappa shape index (κ1) is 24.7. The van der Waals surface area contributed by atoms with Gasteiger partial charge in [0, 0.05) is 6.42 Å². The summed E-state index contributed by atoms with van der Waals surface area (Å²) >= 11 is 0. The second-order valence-electron chi connectivity index (χ2n) is 7.56. The van der Waals surface area contributed by atoms with Crippen LogP contribution in [-0.2, 0) is 32.1 Å². The number of esters is 1. The molecule has 0 unspecified atom stereocenters. The topological polar surface area (TPSA) is 103 Å². The Kier molecular flexibility index (Phi) is 9.53. The number of amides is 2. The largest absolute Gasteiger partial charge is 0.497 e. The first-order chi connectivity index (χ1) is 15.3. The number of benzene rings is 2. The third kappa shape index (κ3) is 7.61. The van der Waals surface area contributed by atoms with E-state index in [0.29, 0.717) is 5.75 Å². The van der Waals surface area contributed by atoms with Crippen LogP contribution < -0.4 is 15.4 Å². The molecule has 0 bridgehead atoms. The molecule has 8 nitrogen and oxygen atoms in total. The standard InChI is InChI=1S/C24H30N2O6/c1-16(2)21(26-24(29)32-15-18-8-6-5-7-9-18)22(27)25-20(23(28)31-4)14-17-10-12-19(30-3)13-11-17/h5-13,16,20-21H,14-15H2,1-4H3,(H,25,27)(H,26,29)/t20-,21+/m1/s1. The van der Waals surface area contributed by atoms with Crippen molar-refractivity contribution in [2.45, 2.75) is 39.0 Å². The molecular weight excluding hydrogens is 412 g/mol. The summed E-state index contributed by atoms with van der Waals surface area (Å²) in [5.74, 6) is -0.632. The lowest BCUT2D eigenvalue weighted by Gasteiger charge is -2.24. The van der Waals surface area contributed by atoms with Gasteiger partial charge in [-0.05, 0) is 29.2 Å². The van der Waals surface area contributed by atoms with Crippen molar-refractivity contribution in [2.24, 2.45) is 5.92 Å². The van der Waals surface area contributed by atoms with E-state index in [1.165, 1.54) is 7.11 Å². The van der Waals surface area contributed by atoms with Crippen LogP contribution in [0.1, 0.15) is 25.0 Å². The van der Waals surface area contributed by atoms with Crippen LogP contribution in [0.2, 0.25) is 0 Å². The molecule has 8 heteroatoms. The lowest BCUT2D eigenvalue weighted by atomic mass is 10.0. The average Bonchev–Trinajstić information content (AvgIpc) is 2.81. The Hall–Kier alpha value is -3.55. The highest BCUT2D eigenvalue weighted by molar-refractivity contribution is 5.90. The number of hydrogen-bond acceptors (Lipinski definition) is 6. The number of carbonyl (C=O) groups is 3. The van der Waals surface area contributed by atoms with Gasteiger partial charge in [0.1, 0.15) is 24.4 Å². The maximum absolute atomic E-state index is 12.9. The van der Waals surface area contributed by atoms with Gasteiger partial charge in [0.2, 0.25) is 5.91 Å². The Morgan fingerprint density at radius 3 is 2.09 bits per heavy atom. The van der Waals surface area contributed by atoms with Crippen LogP contribution in [0.5, 0.6) is 5.75 Å². The van der Waals surface area contributed by atoms with Gasteiger partial charge in [-0.1, -0.05) is 56.3 Å². The number of hydrogen-bond donors (Lipinski definition) is 2. The van der Waals surface area contributed by atoms with Gasteiger partial charge in [0.05, 0.1) is 14.2 Å². The zero-order valence-electron chi connectivity index (χ0n) is 18.8. The predicted molar refractivity (Wildman–Crippen MR) is 119 cm³/mol. The number of rotatable bonds is 10. The van der Waals surface area contributed by atoms with Gasteiger partial charge < -0.3 is 24.8 Å². The molecule has 2 N–H and O–H groups in total. The molecule has 0 aliphatic carbocycles. The van der Waals surface area contributed by atoms with Crippen molar-refractivity contribution in [3.63, 3.8) is 0 Å². The Labute approximate surface area is 188 Å². The third-order valence-electron chi connectivity index (χ3n) is 4.84. The predicted octanol–water partition coefficient (Wildman–Crippen LogP) is 2.85. The van der Waals surface area contributed by atoms with Crippen molar-refractivity contribution in [3.8, 4) is 5.75 Å². The molecule has 0 spiro atoms. The van der Waals surface area contributed by atoms with Gasteiger partial charge in [0.15, 0.2) is 0 Å². The quantitative estimate of drug-likeness (QED) is 0.549. The summed E-state index contributed by atoms with van der Waals surface area (Å²) in [7, 11) is 2.82. The van der Waals surface area contributed by atoms with E-state index in [4.69, 9.17) is 14.2 Å². The molecule has 2 aromatic rings. The molecule has 0 saturated heterocycles. The van der Waals surface area contributed by atoms with E-state index in [-0.39, 0.29) is 18.9 Å². The van der Waals surface area contributed by atoms with Crippen LogP contribution in [0.15, 0.2) is 54.6 Å². The minimum Gasteiger partial charge on any atom is -0.497 e. The zero-order chi connectivity index (χ0) is 23.5. The second kappa shape index (κ2) is 12.3. The molecule has 2 rings (SSSR count). The molecule has 0 heterocycles. The highest BCUT2D eigenvalue weighted by Crippen LogP contribution is 2.14. The molecule has 2 amide bonds. The number of methoxy groups -OCH3 is 2. The molecule has 32 heavy (non-hydrogen) atoms. The fourth-order valence-electron chi connectivity index (χ4n) is 3.02. The lowest BCUT2D eigenvalue weighted by Crippen LogP contribution is -2.54. The summed E-state index contributed by atoms with van der Waals surface area (Å²) in [6.45, 7) is 3.66. The number of carbonyl (C=O) groups excluding carboxylic acids is 3. The first-order valence-electron chi connectivity index (χ1n) is 10.3. The minimum atomic E-state index is -0.913. The van der Waals surface area contributed by atoms with Crippen molar-refractivity contribution in [3.05, 3.63) is 65.7 Å². The smallest absolute Gasteiger partial charge is 0.408 e. The first-order valence-corrected chi connectivity index (χ1v) is 10.3. The summed E-state index contributed by atoms with van der Waals surface area (Å²) in [5.41, 5.74) is 1.65. The molecule has 0 saturated carbocycles. The molecule has 0 aromatic heterocycles. The Bertz CT molecular complexity index is 883. The summed E-state index contributed by atoms with van der Waals surface area (Å²) in [6, 6.07) is 14.6. The molecule has 2 aromatic carbocycles. The summed E-state index contributed by atoms with van der Waals surface area (Å²) in [5, 5.41) is 5.28. The fraction of sp³-hybridized carbons (Fsp3) is 0.375. The van der Waals surface area contributed by atoms with Gasteiger partial charge >= 0.3 is 12.1 Å². The SMILES string of the molecule is COC(=O)[C@@H](Cc1ccc(OC)cc1)NC(=O)[C@@H](NC(=O)OCc1ccccc1)C(C)C. The van der Waals surface area contributed by atoms with Crippen LogP contribution in [0.4, 0.5) is 4.79 Å². The number of alkyl carbamates (subject to hydrolysis) is 1. The van der Waals surface area contributed by atoms with Crippen LogP contribution in [0, 0.1) is 5.92 Å². The van der Waals surface area contributed by atoms with Crippen molar-refractivity contribution in [1.29, 1.82) is 0 Å². The molecule has 0 aliphatic rings. The summed E-state index contributed by atoms with van der Waals surface area (Å²) in [4.78, 5) is 37.4. The molecule has 2 atom stereocenters. The monoisotopic (exact) mass is 442 g/mol. The Morgan fingerprint density at radius 1 is 0.875 bits per heavy atom. The van der Waals surface area contributed by atoms with E-state index >= 15 is 0 Å². The average molecular weight is 443 g/mol. The van der Waals surface area contributed by atoms with Crippen molar-refractivity contribution in [2.75, 3.05) is 14.2 Å². The maximum atomic E-state index is 12.9. The van der Waals surface area contributed by atoms with Gasteiger partial charge in [-0.3, -0.25) is 4.79 Å². The van der Waals surface area contributed by atoms with E-state index in [2.05, 4.69) is 10.6 Å². The molecule has 0 fully saturated rings. The maximum Gasteiger partial charge on any atom is 0.408 e. The Balaban J connectivity index is 2.01. The second-order valence-corrected chi connectivity index (χ2v) is 7.56. The van der Waals surface area contributed by atoms with Gasteiger partial charge in [-0.15, -0.1) is 0 Å². The van der Waals surface area contributed by atoms with Crippen molar-refractivity contribution < 1.29 is 28.6 Å². The van der Waals surface area contributed by atoms with Crippen molar-refractivity contribution in [1.82, 2.24) is 10.6 Å². The molecule has 0 radical (unpaired) electrons. The lowest BCUT2D eigenvalue weighted by molar-refractivity contribution is -0.145. The van der Waals surface area contributed by atoms with Gasteiger partial charge in [-0.2, -0.15) is 0 Å². The molecular formula is C24H30N2O6. The minimum absolute atomic E-state index is 0.0847. The van der Waals surface area contributed by atoms with Crippen LogP contribution >= 0.6 is 0 Å². The summed E-state index contributed by atoms with van der Waals surface area (Å²) < 4.78 is 15.2. The van der Waals surface area contributed by atoms with Crippen LogP contribution in [0.25, 0.3) is 0 Å². The highest BCUT2D eigenvalue weighted by Gasteiger charge is 2.29. The zero-order valence-corrected chi connectivity index (χ0v) is 18.8. The van der Waals surface area contributed by atoms with E-state index in [1.54, 1.807) is 45.2 Å². The van der Waals surface area contributed by atoms with E-state index in [0.717, 1.165) is 11.1 Å². The summed E-state index contributed by atoms with van der Waals surface area (Å²) in [6.07, 6.45) is -0.487. The Morgan fingerprint density at radius 2 is 1.53 bits per heavy atom. The van der Waals surface area contributed by atoms with E-state index < -0.39 is 30.1 Å².